The summed E-state index contributed by atoms with van der Waals surface area (Å²) in [6.07, 6.45) is 2.01. The molecule has 0 saturated heterocycles. The average Bonchev–Trinajstić information content (AvgIpc) is 2.30. The summed E-state index contributed by atoms with van der Waals surface area (Å²) >= 11 is 1.64. The highest BCUT2D eigenvalue weighted by molar-refractivity contribution is 7.06. The molecule has 1 heterocycles. The second-order valence-electron chi connectivity index (χ2n) is 3.49. The van der Waals surface area contributed by atoms with Crippen molar-refractivity contribution in [3.8, 4) is 0 Å². The van der Waals surface area contributed by atoms with Crippen molar-refractivity contribution in [1.29, 1.82) is 0 Å². The SMILES string of the molecule is CN/C(=C\n1scc1C)c1ccc(F)cc1. The maximum atomic E-state index is 12.8. The van der Waals surface area contributed by atoms with Crippen LogP contribution in [0.5, 0.6) is 0 Å². The molecule has 16 heavy (non-hydrogen) atoms. The van der Waals surface area contributed by atoms with Crippen molar-refractivity contribution in [2.75, 3.05) is 7.05 Å². The number of benzene rings is 1. The van der Waals surface area contributed by atoms with E-state index in [1.54, 1.807) is 23.7 Å². The lowest BCUT2D eigenvalue weighted by molar-refractivity contribution is 0.627. The van der Waals surface area contributed by atoms with Crippen molar-refractivity contribution in [3.05, 3.63) is 46.7 Å². The van der Waals surface area contributed by atoms with Gasteiger partial charge in [0.05, 0.1) is 5.70 Å². The van der Waals surface area contributed by atoms with Gasteiger partial charge in [0.2, 0.25) is 0 Å². The Morgan fingerprint density at radius 3 is 2.50 bits per heavy atom. The molecule has 2 aromatic rings. The van der Waals surface area contributed by atoms with Crippen molar-refractivity contribution in [2.24, 2.45) is 0 Å². The first-order valence-electron chi connectivity index (χ1n) is 4.99. The zero-order valence-corrected chi connectivity index (χ0v) is 10.0. The highest BCUT2D eigenvalue weighted by Crippen LogP contribution is 2.17. The van der Waals surface area contributed by atoms with Crippen LogP contribution >= 0.6 is 11.5 Å². The first-order chi connectivity index (χ1) is 7.70. The fourth-order valence-electron chi connectivity index (χ4n) is 1.38. The molecule has 4 heteroatoms. The molecule has 1 aromatic heterocycles. The predicted octanol–water partition coefficient (Wildman–Crippen LogP) is 3.17. The van der Waals surface area contributed by atoms with Crippen LogP contribution in [-0.2, 0) is 0 Å². The highest BCUT2D eigenvalue weighted by Gasteiger charge is 2.02. The molecule has 1 aromatic carbocycles. The minimum absolute atomic E-state index is 0.214. The summed E-state index contributed by atoms with van der Waals surface area (Å²) in [5.41, 5.74) is 3.16. The van der Waals surface area contributed by atoms with Crippen LogP contribution in [0.25, 0.3) is 11.9 Å². The third-order valence-electron chi connectivity index (χ3n) is 2.36. The second-order valence-corrected chi connectivity index (χ2v) is 4.33. The topological polar surface area (TPSA) is 17.0 Å². The number of nitrogens with zero attached hydrogens (tertiary/aromatic N) is 1. The maximum absolute atomic E-state index is 12.8. The van der Waals surface area contributed by atoms with E-state index in [-0.39, 0.29) is 5.82 Å². The maximum Gasteiger partial charge on any atom is 0.123 e. The zero-order chi connectivity index (χ0) is 11.5. The van der Waals surface area contributed by atoms with Gasteiger partial charge in [0.15, 0.2) is 0 Å². The largest absolute Gasteiger partial charge is 0.386 e. The molecule has 0 atom stereocenters. The van der Waals surface area contributed by atoms with Crippen molar-refractivity contribution in [1.82, 2.24) is 9.27 Å². The average molecular weight is 236 g/mol. The van der Waals surface area contributed by atoms with E-state index >= 15 is 0 Å². The number of hydrogen-bond donors (Lipinski definition) is 1. The molecule has 0 radical (unpaired) electrons. The molecule has 0 spiro atoms. The van der Waals surface area contributed by atoms with E-state index in [1.165, 1.54) is 17.8 Å². The van der Waals surface area contributed by atoms with Gasteiger partial charge in [-0.15, -0.1) is 0 Å². The lowest BCUT2D eigenvalue weighted by Gasteiger charge is -2.12. The quantitative estimate of drug-likeness (QED) is 0.866. The van der Waals surface area contributed by atoms with E-state index in [4.69, 9.17) is 0 Å². The van der Waals surface area contributed by atoms with Crippen molar-refractivity contribution in [3.63, 3.8) is 0 Å². The summed E-state index contributed by atoms with van der Waals surface area (Å²) < 4.78 is 14.9. The third kappa shape index (κ3) is 2.17. The van der Waals surface area contributed by atoms with Gasteiger partial charge in [-0.1, -0.05) is 11.5 Å². The Balaban J connectivity index is 2.31. The lowest BCUT2D eigenvalue weighted by Crippen LogP contribution is -2.07. The Morgan fingerprint density at radius 2 is 2.06 bits per heavy atom. The van der Waals surface area contributed by atoms with Crippen LogP contribution in [0.2, 0.25) is 0 Å². The van der Waals surface area contributed by atoms with Gasteiger partial charge in [-0.25, -0.2) is 4.39 Å². The van der Waals surface area contributed by atoms with Gasteiger partial charge in [0.1, 0.15) is 5.82 Å². The van der Waals surface area contributed by atoms with Gasteiger partial charge in [-0.2, -0.15) is 0 Å². The molecular weight excluding hydrogens is 223 g/mol. The van der Waals surface area contributed by atoms with Crippen LogP contribution in [0.1, 0.15) is 11.3 Å². The fraction of sp³-hybridized carbons (Fsp3) is 0.167. The number of hydrogen-bond acceptors (Lipinski definition) is 2. The third-order valence-corrected chi connectivity index (χ3v) is 3.42. The molecule has 0 bridgehead atoms. The number of aromatic nitrogens is 1. The molecule has 2 rings (SSSR count). The van der Waals surface area contributed by atoms with Crippen molar-refractivity contribution >= 4 is 23.4 Å². The van der Waals surface area contributed by atoms with Gasteiger partial charge in [0.25, 0.3) is 0 Å². The lowest BCUT2D eigenvalue weighted by atomic mass is 10.1. The van der Waals surface area contributed by atoms with Gasteiger partial charge in [-0.05, 0) is 36.8 Å². The van der Waals surface area contributed by atoms with Crippen LogP contribution in [0.3, 0.4) is 0 Å². The summed E-state index contributed by atoms with van der Waals surface area (Å²) in [5, 5.41) is 5.19. The van der Waals surface area contributed by atoms with Crippen LogP contribution in [-0.4, -0.2) is 11.0 Å². The van der Waals surface area contributed by atoms with Gasteiger partial charge < -0.3 is 5.32 Å². The summed E-state index contributed by atoms with van der Waals surface area (Å²) in [6.45, 7) is 2.05. The van der Waals surface area contributed by atoms with Crippen molar-refractivity contribution < 1.29 is 4.39 Å². The molecule has 0 aliphatic carbocycles. The molecule has 84 valence electrons. The summed E-state index contributed by atoms with van der Waals surface area (Å²) in [7, 11) is 1.86. The smallest absolute Gasteiger partial charge is 0.123 e. The minimum atomic E-state index is -0.214. The molecule has 0 aliphatic heterocycles. The van der Waals surface area contributed by atoms with Gasteiger partial charge in [-0.3, -0.25) is 3.96 Å². The number of rotatable bonds is 3. The number of aryl methyl sites for hydroxylation is 1. The Kier molecular flexibility index (Phi) is 3.10. The minimum Gasteiger partial charge on any atom is -0.386 e. The first kappa shape index (κ1) is 11.0. The zero-order valence-electron chi connectivity index (χ0n) is 9.20. The van der Waals surface area contributed by atoms with Crippen LogP contribution in [0.4, 0.5) is 4.39 Å². The molecular formula is C12H13FN2S. The van der Waals surface area contributed by atoms with Gasteiger partial charge in [0, 0.05) is 24.3 Å². The highest BCUT2D eigenvalue weighted by atomic mass is 32.1. The fourth-order valence-corrected chi connectivity index (χ4v) is 1.99. The Bertz CT molecular complexity index is 493. The van der Waals surface area contributed by atoms with E-state index in [0.717, 1.165) is 11.3 Å². The Morgan fingerprint density at radius 1 is 1.38 bits per heavy atom. The van der Waals surface area contributed by atoms with Gasteiger partial charge >= 0.3 is 0 Å². The van der Waals surface area contributed by atoms with Crippen LogP contribution in [0.15, 0.2) is 29.6 Å². The first-order valence-corrected chi connectivity index (χ1v) is 5.82. The summed E-state index contributed by atoms with van der Waals surface area (Å²) in [5.74, 6) is -0.214. The molecule has 0 aliphatic rings. The number of halogens is 1. The van der Waals surface area contributed by atoms with Crippen molar-refractivity contribution in [2.45, 2.75) is 6.92 Å². The summed E-state index contributed by atoms with van der Waals surface area (Å²) in [4.78, 5) is 0. The van der Waals surface area contributed by atoms with Crippen LogP contribution in [0, 0.1) is 12.7 Å². The van der Waals surface area contributed by atoms with E-state index in [9.17, 15) is 4.39 Å². The molecule has 0 fully saturated rings. The second kappa shape index (κ2) is 4.53. The van der Waals surface area contributed by atoms with E-state index in [1.807, 2.05) is 20.2 Å². The summed E-state index contributed by atoms with van der Waals surface area (Å²) in [6, 6.07) is 6.46. The monoisotopic (exact) mass is 236 g/mol. The Labute approximate surface area is 98.2 Å². The van der Waals surface area contributed by atoms with Crippen LogP contribution < -0.4 is 5.32 Å². The molecule has 0 amide bonds. The molecule has 0 saturated carbocycles. The molecule has 1 N–H and O–H groups in total. The Hall–Kier alpha value is -1.55. The van der Waals surface area contributed by atoms with E-state index < -0.39 is 0 Å². The van der Waals surface area contributed by atoms with E-state index in [0.29, 0.717) is 0 Å². The van der Waals surface area contributed by atoms with E-state index in [2.05, 4.69) is 14.7 Å². The molecule has 2 nitrogen and oxygen atoms in total. The normalized spacial score (nSPS) is 11.8. The standard InChI is InChI=1S/C12H13FN2S/c1-9-8-16-15(9)7-12(14-2)10-3-5-11(13)6-4-10/h3-8,14H,1-2H3/b12-7-. The number of nitrogens with one attached hydrogen (secondary N) is 1. The predicted molar refractivity (Wildman–Crippen MR) is 66.7 cm³/mol. The molecule has 0 unspecified atom stereocenters.